The number of halogens is 1. The first-order valence-electron chi connectivity index (χ1n) is 8.60. The molecule has 0 spiro atoms. The lowest BCUT2D eigenvalue weighted by Gasteiger charge is -2.32. The average Bonchev–Trinajstić information content (AvgIpc) is 2.65. The molecule has 0 amide bonds. The van der Waals surface area contributed by atoms with Crippen molar-refractivity contribution in [1.82, 2.24) is 0 Å². The Morgan fingerprint density at radius 3 is 2.42 bits per heavy atom. The molecule has 1 aromatic carbocycles. The second-order valence-corrected chi connectivity index (χ2v) is 7.94. The topological polar surface area (TPSA) is 27.7 Å². The summed E-state index contributed by atoms with van der Waals surface area (Å²) >= 11 is 0. The molecule has 130 valence electrons. The molecule has 1 aliphatic carbocycles. The zero-order chi connectivity index (χ0) is 17.5. The van der Waals surface area contributed by atoms with Crippen LogP contribution in [0.1, 0.15) is 46.1 Å². The van der Waals surface area contributed by atoms with Crippen LogP contribution >= 0.6 is 0 Å². The summed E-state index contributed by atoms with van der Waals surface area (Å²) in [6.45, 7) is 10.4. The highest BCUT2D eigenvalue weighted by Crippen LogP contribution is 2.43. The minimum absolute atomic E-state index is 0.250. The number of aryl methyl sites for hydroxylation is 1. The number of allylic oxidation sites excluding steroid dienone is 1. The van der Waals surface area contributed by atoms with Crippen LogP contribution in [0.4, 0.5) is 4.39 Å². The highest BCUT2D eigenvalue weighted by molar-refractivity contribution is 6.53. The van der Waals surface area contributed by atoms with Crippen LogP contribution in [0.25, 0.3) is 0 Å². The summed E-state index contributed by atoms with van der Waals surface area (Å²) < 4.78 is 32.0. The van der Waals surface area contributed by atoms with Gasteiger partial charge in [0.15, 0.2) is 0 Å². The molecule has 0 N–H and O–H groups in total. The molecule has 0 atom stereocenters. The van der Waals surface area contributed by atoms with Gasteiger partial charge in [0, 0.05) is 5.92 Å². The Morgan fingerprint density at radius 1 is 1.21 bits per heavy atom. The average molecular weight is 332 g/mol. The van der Waals surface area contributed by atoms with Gasteiger partial charge >= 0.3 is 7.12 Å². The SMILES string of the molecule is Cc1cccc(OCC2CC(=C(F)B3OC(C)(C)C(C)(C)O3)C2)c1. The smallest absolute Gasteiger partial charge is 0.493 e. The molecule has 0 radical (unpaired) electrons. The van der Waals surface area contributed by atoms with Crippen molar-refractivity contribution in [3.63, 3.8) is 0 Å². The fourth-order valence-corrected chi connectivity index (χ4v) is 2.98. The molecule has 2 aliphatic rings. The highest BCUT2D eigenvalue weighted by atomic mass is 19.1. The minimum atomic E-state index is -0.872. The van der Waals surface area contributed by atoms with Crippen LogP contribution in [-0.2, 0) is 9.31 Å². The largest absolute Gasteiger partial charge is 0.525 e. The number of rotatable bonds is 4. The van der Waals surface area contributed by atoms with Crippen LogP contribution in [0.3, 0.4) is 0 Å². The summed E-state index contributed by atoms with van der Waals surface area (Å²) in [5.74, 6) is 1.23. The van der Waals surface area contributed by atoms with Gasteiger partial charge in [0.25, 0.3) is 0 Å². The first kappa shape index (κ1) is 17.5. The van der Waals surface area contributed by atoms with Gasteiger partial charge in [-0.1, -0.05) is 12.1 Å². The molecule has 1 saturated heterocycles. The molecule has 0 unspecified atom stereocenters. The van der Waals surface area contributed by atoms with E-state index >= 15 is 0 Å². The maximum absolute atomic E-state index is 14.6. The van der Waals surface area contributed by atoms with E-state index in [0.29, 0.717) is 25.4 Å². The van der Waals surface area contributed by atoms with Crippen molar-refractivity contribution in [2.45, 2.75) is 58.7 Å². The lowest BCUT2D eigenvalue weighted by Crippen LogP contribution is -2.41. The maximum Gasteiger partial charge on any atom is 0.525 e. The molecular weight excluding hydrogens is 306 g/mol. The van der Waals surface area contributed by atoms with Crippen molar-refractivity contribution in [1.29, 1.82) is 0 Å². The number of hydrogen-bond donors (Lipinski definition) is 0. The lowest BCUT2D eigenvalue weighted by molar-refractivity contribution is 0.00578. The summed E-state index contributed by atoms with van der Waals surface area (Å²) in [5, 5.41) is 0. The Hall–Kier alpha value is -1.33. The zero-order valence-corrected chi connectivity index (χ0v) is 15.2. The molecule has 1 heterocycles. The first-order chi connectivity index (χ1) is 11.2. The van der Waals surface area contributed by atoms with Gasteiger partial charge in [0.1, 0.15) is 11.5 Å². The van der Waals surface area contributed by atoms with Crippen molar-refractivity contribution >= 4 is 7.12 Å². The highest BCUT2D eigenvalue weighted by Gasteiger charge is 2.54. The molecular formula is C19H26BFO3. The summed E-state index contributed by atoms with van der Waals surface area (Å²) in [7, 11) is -0.872. The van der Waals surface area contributed by atoms with Gasteiger partial charge in [-0.2, -0.15) is 0 Å². The van der Waals surface area contributed by atoms with Crippen LogP contribution in [0, 0.1) is 12.8 Å². The first-order valence-corrected chi connectivity index (χ1v) is 8.60. The van der Waals surface area contributed by atoms with Crippen LogP contribution in [-0.4, -0.2) is 24.9 Å². The maximum atomic E-state index is 14.6. The third kappa shape index (κ3) is 3.38. The Labute approximate surface area is 144 Å². The van der Waals surface area contributed by atoms with Crippen molar-refractivity contribution in [2.75, 3.05) is 6.61 Å². The van der Waals surface area contributed by atoms with Gasteiger partial charge in [-0.15, -0.1) is 0 Å². The van der Waals surface area contributed by atoms with Gasteiger partial charge in [-0.05, 0) is 70.7 Å². The van der Waals surface area contributed by atoms with E-state index in [2.05, 4.69) is 0 Å². The van der Waals surface area contributed by atoms with Crippen LogP contribution in [0.5, 0.6) is 5.75 Å². The zero-order valence-electron chi connectivity index (χ0n) is 15.2. The van der Waals surface area contributed by atoms with E-state index in [1.165, 1.54) is 5.56 Å². The number of hydrogen-bond acceptors (Lipinski definition) is 3. The molecule has 0 bridgehead atoms. The number of ether oxygens (including phenoxy) is 1. The minimum Gasteiger partial charge on any atom is -0.493 e. The fourth-order valence-electron chi connectivity index (χ4n) is 2.98. The Morgan fingerprint density at radius 2 is 1.83 bits per heavy atom. The van der Waals surface area contributed by atoms with Gasteiger partial charge in [-0.25, -0.2) is 4.39 Å². The Balaban J connectivity index is 1.53. The van der Waals surface area contributed by atoms with Gasteiger partial charge < -0.3 is 14.0 Å². The van der Waals surface area contributed by atoms with Gasteiger partial charge in [0.2, 0.25) is 0 Å². The normalized spacial score (nSPS) is 24.7. The second kappa shape index (κ2) is 6.19. The second-order valence-electron chi connectivity index (χ2n) is 7.94. The third-order valence-electron chi connectivity index (χ3n) is 5.34. The predicted octanol–water partition coefficient (Wildman–Crippen LogP) is 4.64. The number of benzene rings is 1. The predicted molar refractivity (Wildman–Crippen MR) is 93.6 cm³/mol. The van der Waals surface area contributed by atoms with Crippen LogP contribution < -0.4 is 4.74 Å². The summed E-state index contributed by atoms with van der Waals surface area (Å²) in [6, 6.07) is 7.99. The molecule has 24 heavy (non-hydrogen) atoms. The van der Waals surface area contributed by atoms with Gasteiger partial charge in [0.05, 0.1) is 17.8 Å². The van der Waals surface area contributed by atoms with E-state index in [9.17, 15) is 4.39 Å². The molecule has 0 aromatic heterocycles. The van der Waals surface area contributed by atoms with Crippen molar-refractivity contribution in [3.05, 3.63) is 41.1 Å². The summed E-state index contributed by atoms with van der Waals surface area (Å²) in [6.07, 6.45) is 1.42. The fraction of sp³-hybridized carbons (Fsp3) is 0.579. The molecule has 5 heteroatoms. The summed E-state index contributed by atoms with van der Waals surface area (Å²) in [5.41, 5.74) is 0.709. The molecule has 1 aromatic rings. The van der Waals surface area contributed by atoms with E-state index in [4.69, 9.17) is 14.0 Å². The Kier molecular flexibility index (Phi) is 4.52. The van der Waals surface area contributed by atoms with Gasteiger partial charge in [-0.3, -0.25) is 0 Å². The van der Waals surface area contributed by atoms with E-state index in [1.807, 2.05) is 58.9 Å². The van der Waals surface area contributed by atoms with Crippen molar-refractivity contribution < 1.29 is 18.4 Å². The molecule has 3 rings (SSSR count). The van der Waals surface area contributed by atoms with E-state index in [1.54, 1.807) is 0 Å². The molecule has 2 fully saturated rings. The summed E-state index contributed by atoms with van der Waals surface area (Å²) in [4.78, 5) is 0. The van der Waals surface area contributed by atoms with Crippen LogP contribution in [0.15, 0.2) is 35.6 Å². The van der Waals surface area contributed by atoms with Crippen molar-refractivity contribution in [3.8, 4) is 5.75 Å². The molecule has 1 saturated carbocycles. The Bertz CT molecular complexity index is 630. The van der Waals surface area contributed by atoms with E-state index in [-0.39, 0.29) is 5.73 Å². The quantitative estimate of drug-likeness (QED) is 0.752. The van der Waals surface area contributed by atoms with Crippen molar-refractivity contribution in [2.24, 2.45) is 5.92 Å². The molecule has 1 aliphatic heterocycles. The van der Waals surface area contributed by atoms with Crippen LogP contribution in [0.2, 0.25) is 0 Å². The monoisotopic (exact) mass is 332 g/mol. The van der Waals surface area contributed by atoms with E-state index in [0.717, 1.165) is 11.3 Å². The standard InChI is InChI=1S/C19H26BFO3/c1-13-7-6-8-16(9-13)22-12-14-10-15(11-14)17(21)20-23-18(2,3)19(4,5)24-20/h6-9,14H,10-12H2,1-5H3. The lowest BCUT2D eigenvalue weighted by atomic mass is 9.73. The molecule has 3 nitrogen and oxygen atoms in total. The van der Waals surface area contributed by atoms with E-state index < -0.39 is 18.3 Å². The third-order valence-corrected chi connectivity index (χ3v) is 5.34.